The van der Waals surface area contributed by atoms with Gasteiger partial charge in [-0.1, -0.05) is 50.0 Å². The molecule has 1 aliphatic heterocycles. The molecule has 2 heterocycles. The lowest BCUT2D eigenvalue weighted by Gasteiger charge is -2.31. The van der Waals surface area contributed by atoms with Crippen molar-refractivity contribution in [2.45, 2.75) is 46.9 Å². The van der Waals surface area contributed by atoms with Crippen LogP contribution in [0.15, 0.2) is 56.5 Å². The van der Waals surface area contributed by atoms with Gasteiger partial charge in [0.1, 0.15) is 22.9 Å². The predicted molar refractivity (Wildman–Crippen MR) is 153 cm³/mol. The molecule has 0 spiro atoms. The summed E-state index contributed by atoms with van der Waals surface area (Å²) < 4.78 is 5.83. The summed E-state index contributed by atoms with van der Waals surface area (Å²) in [6.45, 7) is 7.69. The summed E-state index contributed by atoms with van der Waals surface area (Å²) in [4.78, 5) is 40.5. The number of rotatable bonds is 7. The number of fused-ring (bicyclic) bond motifs is 1. The number of carbonyl (C=O) groups excluding carboxylic acids is 1. The monoisotopic (exact) mass is 567 g/mol. The summed E-state index contributed by atoms with van der Waals surface area (Å²) in [5.74, 6) is 0.991. The van der Waals surface area contributed by atoms with Gasteiger partial charge in [-0.15, -0.1) is 0 Å². The zero-order valence-electron chi connectivity index (χ0n) is 21.8. The van der Waals surface area contributed by atoms with Gasteiger partial charge in [0.25, 0.3) is 16.8 Å². The highest BCUT2D eigenvalue weighted by Crippen LogP contribution is 2.41. The standard InChI is InChI=1S/C29H27Cl2N3O5/c1-14-5-10-21(39-14)27(29(2,3)4)33-24-23(25(36)26(24)37)32-19-9-8-18(31)17-12-34(28(38)22(17)19)20-11-16(30)7-6-15(20)13-35/h5-11,27,32-33,35H,12-13H2,1-4H3/t27-/m0/s1. The topological polar surface area (TPSA) is 112 Å². The molecule has 1 atom stereocenters. The van der Waals surface area contributed by atoms with Gasteiger partial charge in [0.2, 0.25) is 0 Å². The fourth-order valence-electron chi connectivity index (χ4n) is 4.86. The van der Waals surface area contributed by atoms with Crippen molar-refractivity contribution in [1.82, 2.24) is 0 Å². The summed E-state index contributed by atoms with van der Waals surface area (Å²) in [5.41, 5.74) is 0.648. The summed E-state index contributed by atoms with van der Waals surface area (Å²) in [6.07, 6.45) is 0. The molecule has 8 nitrogen and oxygen atoms in total. The Morgan fingerprint density at radius 3 is 2.38 bits per heavy atom. The van der Waals surface area contributed by atoms with Crippen molar-refractivity contribution < 1.29 is 14.3 Å². The van der Waals surface area contributed by atoms with E-state index in [2.05, 4.69) is 10.6 Å². The number of aryl methyl sites for hydroxylation is 1. The van der Waals surface area contributed by atoms with E-state index in [0.717, 1.165) is 5.76 Å². The second-order valence-corrected chi connectivity index (χ2v) is 11.5. The van der Waals surface area contributed by atoms with Crippen molar-refractivity contribution in [3.8, 4) is 0 Å². The van der Waals surface area contributed by atoms with Gasteiger partial charge < -0.3 is 25.1 Å². The number of hydrogen-bond donors (Lipinski definition) is 3. The van der Waals surface area contributed by atoms with Crippen molar-refractivity contribution in [2.24, 2.45) is 5.41 Å². The second kappa shape index (κ2) is 9.86. The minimum Gasteiger partial charge on any atom is -0.464 e. The molecule has 5 rings (SSSR count). The molecule has 1 aromatic heterocycles. The molecule has 202 valence electrons. The van der Waals surface area contributed by atoms with E-state index in [-0.39, 0.29) is 41.4 Å². The predicted octanol–water partition coefficient (Wildman–Crippen LogP) is 6.09. The molecule has 4 aromatic rings. The molecule has 0 fully saturated rings. The van der Waals surface area contributed by atoms with Crippen LogP contribution in [-0.2, 0) is 13.2 Å². The number of amides is 1. The van der Waals surface area contributed by atoms with Gasteiger partial charge in [0, 0.05) is 21.2 Å². The second-order valence-electron chi connectivity index (χ2n) is 10.7. The first kappa shape index (κ1) is 27.0. The highest BCUT2D eigenvalue weighted by Gasteiger charge is 2.36. The Bertz CT molecular complexity index is 1680. The molecule has 0 bridgehead atoms. The molecule has 10 heteroatoms. The SMILES string of the molecule is Cc1ccc([C@H](Nc2c(Nc3ccc(Cl)c4c3C(=O)N(c3cc(Cl)ccc3CO)C4)c(=O)c2=O)C(C)(C)C)o1. The Hall–Kier alpha value is -3.59. The Labute approximate surface area is 234 Å². The smallest absolute Gasteiger partial charge is 0.261 e. The normalized spacial score (nSPS) is 14.1. The molecule has 0 saturated heterocycles. The fraction of sp³-hybridized carbons (Fsp3) is 0.276. The van der Waals surface area contributed by atoms with Gasteiger partial charge in [-0.3, -0.25) is 14.4 Å². The maximum absolute atomic E-state index is 13.7. The van der Waals surface area contributed by atoms with Crippen molar-refractivity contribution >= 4 is 51.9 Å². The quantitative estimate of drug-likeness (QED) is 0.232. The third kappa shape index (κ3) is 4.73. The van der Waals surface area contributed by atoms with Gasteiger partial charge in [0.05, 0.1) is 36.1 Å². The number of nitrogens with zero attached hydrogens (tertiary/aromatic N) is 1. The highest BCUT2D eigenvalue weighted by atomic mass is 35.5. The average molecular weight is 568 g/mol. The first-order valence-corrected chi connectivity index (χ1v) is 13.1. The zero-order chi connectivity index (χ0) is 28.2. The van der Waals surface area contributed by atoms with E-state index in [4.69, 9.17) is 27.6 Å². The number of carbonyl (C=O) groups is 1. The first-order valence-electron chi connectivity index (χ1n) is 12.4. The Balaban J connectivity index is 1.51. The van der Waals surface area contributed by atoms with E-state index >= 15 is 0 Å². The van der Waals surface area contributed by atoms with Crippen molar-refractivity contribution in [3.05, 3.63) is 101 Å². The van der Waals surface area contributed by atoms with Gasteiger partial charge in [-0.05, 0) is 48.7 Å². The highest BCUT2D eigenvalue weighted by molar-refractivity contribution is 6.33. The zero-order valence-corrected chi connectivity index (χ0v) is 23.3. The Morgan fingerprint density at radius 1 is 1.03 bits per heavy atom. The average Bonchev–Trinajstić information content (AvgIpc) is 3.47. The van der Waals surface area contributed by atoms with E-state index < -0.39 is 16.9 Å². The molecule has 3 N–H and O–H groups in total. The number of aliphatic hydroxyl groups is 1. The molecule has 0 saturated carbocycles. The van der Waals surface area contributed by atoms with Crippen LogP contribution < -0.4 is 26.4 Å². The van der Waals surface area contributed by atoms with Crippen LogP contribution in [-0.4, -0.2) is 11.0 Å². The molecular formula is C29H27Cl2N3O5. The summed E-state index contributed by atoms with van der Waals surface area (Å²) in [5, 5.41) is 16.9. The van der Waals surface area contributed by atoms with Crippen LogP contribution >= 0.6 is 23.2 Å². The van der Waals surface area contributed by atoms with E-state index in [1.165, 1.54) is 4.90 Å². The number of nitrogens with one attached hydrogen (secondary N) is 2. The van der Waals surface area contributed by atoms with Crippen LogP contribution in [0.25, 0.3) is 0 Å². The number of halogens is 2. The minimum absolute atomic E-state index is 0.0621. The van der Waals surface area contributed by atoms with E-state index in [1.54, 1.807) is 30.3 Å². The molecule has 0 radical (unpaired) electrons. The number of anilines is 4. The lowest BCUT2D eigenvalue weighted by atomic mass is 9.85. The molecule has 0 unspecified atom stereocenters. The van der Waals surface area contributed by atoms with Gasteiger partial charge in [-0.2, -0.15) is 0 Å². The van der Waals surface area contributed by atoms with Crippen molar-refractivity contribution in [3.63, 3.8) is 0 Å². The van der Waals surface area contributed by atoms with Crippen LogP contribution in [0.3, 0.4) is 0 Å². The molecule has 1 aliphatic rings. The Morgan fingerprint density at radius 2 is 1.74 bits per heavy atom. The number of furan rings is 1. The van der Waals surface area contributed by atoms with Gasteiger partial charge in [0.15, 0.2) is 0 Å². The number of benzene rings is 2. The molecule has 0 aliphatic carbocycles. The summed E-state index contributed by atoms with van der Waals surface area (Å²) >= 11 is 12.7. The van der Waals surface area contributed by atoms with E-state index in [9.17, 15) is 19.5 Å². The van der Waals surface area contributed by atoms with Gasteiger partial charge >= 0.3 is 0 Å². The number of aliphatic hydroxyl groups excluding tert-OH is 1. The molecule has 1 amide bonds. The summed E-state index contributed by atoms with van der Waals surface area (Å²) in [7, 11) is 0. The van der Waals surface area contributed by atoms with Crippen LogP contribution in [0, 0.1) is 12.3 Å². The number of hydrogen-bond acceptors (Lipinski definition) is 7. The van der Waals surface area contributed by atoms with E-state index in [0.29, 0.717) is 38.3 Å². The molecule has 39 heavy (non-hydrogen) atoms. The van der Waals surface area contributed by atoms with Crippen molar-refractivity contribution in [2.75, 3.05) is 15.5 Å². The van der Waals surface area contributed by atoms with E-state index in [1.807, 2.05) is 39.8 Å². The summed E-state index contributed by atoms with van der Waals surface area (Å²) in [6, 6.07) is 11.4. The lowest BCUT2D eigenvalue weighted by Crippen LogP contribution is -2.39. The Kier molecular flexibility index (Phi) is 6.83. The third-order valence-electron chi connectivity index (χ3n) is 6.91. The fourth-order valence-corrected chi connectivity index (χ4v) is 5.24. The maximum Gasteiger partial charge on any atom is 0.261 e. The lowest BCUT2D eigenvalue weighted by molar-refractivity contribution is 0.0997. The first-order chi connectivity index (χ1) is 18.4. The van der Waals surface area contributed by atoms with Crippen LogP contribution in [0.5, 0.6) is 0 Å². The van der Waals surface area contributed by atoms with Crippen LogP contribution in [0.4, 0.5) is 22.7 Å². The van der Waals surface area contributed by atoms with Crippen molar-refractivity contribution in [1.29, 1.82) is 0 Å². The minimum atomic E-state index is -0.691. The maximum atomic E-state index is 13.7. The van der Waals surface area contributed by atoms with Gasteiger partial charge in [-0.25, -0.2) is 0 Å². The van der Waals surface area contributed by atoms with Crippen LogP contribution in [0.2, 0.25) is 10.0 Å². The largest absolute Gasteiger partial charge is 0.464 e. The molecular weight excluding hydrogens is 541 g/mol. The third-order valence-corrected chi connectivity index (χ3v) is 7.50. The van der Waals surface area contributed by atoms with Crippen LogP contribution in [0.1, 0.15) is 59.8 Å². The molecule has 3 aromatic carbocycles.